The number of nitrogens with one attached hydrogen (secondary N) is 1. The predicted molar refractivity (Wildman–Crippen MR) is 276 cm³/mol. The molecule has 0 aliphatic rings. The first-order chi connectivity index (χ1) is 30.9. The van der Waals surface area contributed by atoms with Gasteiger partial charge in [0.1, 0.15) is 0 Å². The van der Waals surface area contributed by atoms with E-state index >= 15 is 0 Å². The molecule has 0 aliphatic heterocycles. The summed E-state index contributed by atoms with van der Waals surface area (Å²) in [5.74, 6) is -1.85. The number of hydrogen-bond acceptors (Lipinski definition) is 8. The molecule has 0 atom stereocenters. The van der Waals surface area contributed by atoms with Crippen LogP contribution in [0.15, 0.2) is 29.3 Å². The van der Waals surface area contributed by atoms with Gasteiger partial charge in [0.2, 0.25) is 5.91 Å². The van der Waals surface area contributed by atoms with Crippen molar-refractivity contribution in [1.82, 2.24) is 5.32 Å². The van der Waals surface area contributed by atoms with Crippen molar-refractivity contribution in [1.29, 1.82) is 0 Å². The molecule has 0 unspecified atom stereocenters. The summed E-state index contributed by atoms with van der Waals surface area (Å²) in [4.78, 5) is 15.0. The summed E-state index contributed by atoms with van der Waals surface area (Å²) >= 11 is 0. The molecule has 13 heteroatoms. The average molecular weight is 986 g/mol. The van der Waals surface area contributed by atoms with Crippen molar-refractivity contribution in [2.45, 2.75) is 271 Å². The van der Waals surface area contributed by atoms with Crippen LogP contribution in [0.3, 0.4) is 0 Å². The maximum Gasteiger partial charge on any atom is 2.00 e. The molecular weight excluding hydrogens is 885 g/mol. The normalized spacial score (nSPS) is 12.2. The molecule has 0 saturated heterocycles. The van der Waals surface area contributed by atoms with E-state index in [1.165, 1.54) is 243 Å². The first-order valence-corrected chi connectivity index (χ1v) is 29.8. The number of allylic oxidation sites excluding steroid dienone is 2. The van der Waals surface area contributed by atoms with Crippen LogP contribution in [0.2, 0.25) is 0 Å². The predicted octanol–water partition coefficient (Wildman–Crippen LogP) is 13.7. The molecule has 0 spiro atoms. The minimum Gasteiger partial charge on any atom is -0.859 e. The van der Waals surface area contributed by atoms with Gasteiger partial charge in [0.05, 0.1) is 28.2 Å². The van der Waals surface area contributed by atoms with Crippen molar-refractivity contribution in [2.24, 2.45) is 4.99 Å². The van der Waals surface area contributed by atoms with Crippen LogP contribution in [0.25, 0.3) is 0 Å². The largest absolute Gasteiger partial charge is 2.00 e. The van der Waals surface area contributed by atoms with E-state index in [-0.39, 0.29) is 56.7 Å². The Kier molecular flexibility index (Phi) is 57.6. The third-order valence-corrected chi connectivity index (χ3v) is 13.1. The third kappa shape index (κ3) is 67.8. The molecule has 10 nitrogen and oxygen atoms in total. The fourth-order valence-electron chi connectivity index (χ4n) is 7.74. The molecule has 0 aliphatic carbocycles. The molecule has 0 radical (unpaired) electrons. The van der Waals surface area contributed by atoms with Gasteiger partial charge in [-0.1, -0.05) is 263 Å². The van der Waals surface area contributed by atoms with E-state index in [4.69, 9.17) is 4.55 Å². The molecule has 2 N–H and O–H groups in total. The van der Waals surface area contributed by atoms with Gasteiger partial charge in [-0.2, -0.15) is 8.42 Å². The molecule has 0 aromatic carbocycles. The quantitative estimate of drug-likeness (QED) is 0.0151. The van der Waals surface area contributed by atoms with E-state index in [0.717, 1.165) is 25.7 Å². The SMILES string of the molecule is CCCCCCCCCCCCCCCCCCCCC/C=C/C(=O)NCCS(=O)(=O)O.CCCCCCCCCCCCCCCCCCCCC/C=C/C([O-])=NCCS(=O)(=O)[O-].[Ca+2]. The van der Waals surface area contributed by atoms with Crippen LogP contribution >= 0.6 is 0 Å². The van der Waals surface area contributed by atoms with Gasteiger partial charge in [-0.25, -0.2) is 8.42 Å². The van der Waals surface area contributed by atoms with E-state index in [0.29, 0.717) is 0 Å². The van der Waals surface area contributed by atoms with Crippen molar-refractivity contribution in [3.63, 3.8) is 0 Å². The Hall–Kier alpha value is -0.500. The van der Waals surface area contributed by atoms with Gasteiger partial charge >= 0.3 is 37.7 Å². The number of aliphatic imine (C=N–C) groups is 1. The molecule has 380 valence electrons. The number of hydrogen-bond donors (Lipinski definition) is 2. The zero-order valence-electron chi connectivity index (χ0n) is 42.2. The minimum atomic E-state index is -4.30. The van der Waals surface area contributed by atoms with Crippen molar-refractivity contribution < 1.29 is 35.8 Å². The summed E-state index contributed by atoms with van der Waals surface area (Å²) in [5.41, 5.74) is 0. The Bertz CT molecular complexity index is 1310. The number of amides is 1. The van der Waals surface area contributed by atoms with E-state index in [1.54, 1.807) is 6.08 Å². The summed E-state index contributed by atoms with van der Waals surface area (Å²) in [6, 6.07) is 0. The van der Waals surface area contributed by atoms with Crippen LogP contribution in [0.5, 0.6) is 0 Å². The fourth-order valence-corrected chi connectivity index (χ4v) is 8.41. The summed E-state index contributed by atoms with van der Waals surface area (Å²) in [6.07, 6.45) is 59.8. The molecule has 1 amide bonds. The number of unbranched alkanes of at least 4 members (excludes halogenated alkanes) is 38. The molecule has 0 aromatic rings. The second-order valence-electron chi connectivity index (χ2n) is 18.2. The Morgan fingerprint density at radius 2 is 0.754 bits per heavy atom. The second kappa shape index (κ2) is 54.4. The molecule has 65 heavy (non-hydrogen) atoms. The van der Waals surface area contributed by atoms with Crippen LogP contribution in [-0.2, 0) is 25.0 Å². The Morgan fingerprint density at radius 1 is 0.477 bits per heavy atom. The topological polar surface area (TPSA) is 176 Å². The number of carbonyl (C=O) groups is 1. The fraction of sp³-hybridized carbons (Fsp3) is 0.885. The molecule has 0 fully saturated rings. The van der Waals surface area contributed by atoms with E-state index in [2.05, 4.69) is 24.2 Å². The summed E-state index contributed by atoms with van der Waals surface area (Å²) < 4.78 is 61.0. The van der Waals surface area contributed by atoms with Gasteiger partial charge < -0.3 is 20.0 Å². The second-order valence-corrected chi connectivity index (χ2v) is 21.3. The number of carbonyl (C=O) groups excluding carboxylic acids is 1. The van der Waals surface area contributed by atoms with Crippen molar-refractivity contribution >= 4 is 69.8 Å². The maximum absolute atomic E-state index is 11.5. The summed E-state index contributed by atoms with van der Waals surface area (Å²) in [6.45, 7) is 4.23. The molecular formula is C52H100CaN2O8S2. The van der Waals surface area contributed by atoms with Crippen molar-refractivity contribution in [2.75, 3.05) is 24.6 Å². The molecule has 0 saturated carbocycles. The number of rotatable bonds is 48. The minimum absolute atomic E-state index is 0. The molecule has 0 bridgehead atoms. The first kappa shape index (κ1) is 68.8. The first-order valence-electron chi connectivity index (χ1n) is 26.6. The van der Waals surface area contributed by atoms with Gasteiger partial charge in [-0.3, -0.25) is 9.35 Å². The molecule has 0 rings (SSSR count). The Labute approximate surface area is 432 Å². The summed E-state index contributed by atoms with van der Waals surface area (Å²) in [5, 5.41) is 13.8. The average Bonchev–Trinajstić information content (AvgIpc) is 3.24. The van der Waals surface area contributed by atoms with Gasteiger partial charge in [0.15, 0.2) is 0 Å². The monoisotopic (exact) mass is 985 g/mol. The van der Waals surface area contributed by atoms with Crippen LogP contribution in [0.4, 0.5) is 0 Å². The van der Waals surface area contributed by atoms with E-state index < -0.39 is 37.6 Å². The van der Waals surface area contributed by atoms with Gasteiger partial charge in [0.25, 0.3) is 10.1 Å². The van der Waals surface area contributed by atoms with E-state index in [9.17, 15) is 31.3 Å². The van der Waals surface area contributed by atoms with E-state index in [1.807, 2.05) is 6.08 Å². The smallest absolute Gasteiger partial charge is 0.859 e. The maximum atomic E-state index is 11.5. The standard InChI is InChI=1S/2C26H51NO4S.Ca/c2*1-2-3-4-5-6-7-8-9-10-11-12-13-14-15-16-17-18-19-20-21-22-23-26(28)27-24-25-32(29,30)31;/h2*22-23H,2-21,24-25H2,1H3,(H,27,28)(H,29,30,31);/q;;+2/p-2/b2*23-22+;. The van der Waals surface area contributed by atoms with Crippen LogP contribution < -0.4 is 10.4 Å². The van der Waals surface area contributed by atoms with Crippen molar-refractivity contribution in [3.8, 4) is 0 Å². The van der Waals surface area contributed by atoms with Gasteiger partial charge in [-0.05, 0) is 37.7 Å². The van der Waals surface area contributed by atoms with Crippen LogP contribution in [0, 0.1) is 0 Å². The van der Waals surface area contributed by atoms with Crippen molar-refractivity contribution in [3.05, 3.63) is 24.3 Å². The zero-order valence-corrected chi connectivity index (χ0v) is 46.0. The Morgan fingerprint density at radius 3 is 1.03 bits per heavy atom. The van der Waals surface area contributed by atoms with Crippen LogP contribution in [0.1, 0.15) is 271 Å². The van der Waals surface area contributed by atoms with Gasteiger partial charge in [0, 0.05) is 6.54 Å². The molecule has 0 aromatic heterocycles. The molecule has 0 heterocycles. The Balaban J connectivity index is -0.00000116. The third-order valence-electron chi connectivity index (χ3n) is 11.7. The van der Waals surface area contributed by atoms with Gasteiger partial charge in [-0.15, -0.1) is 0 Å². The number of nitrogens with zero attached hydrogens (tertiary/aromatic N) is 1. The summed E-state index contributed by atoms with van der Waals surface area (Å²) in [7, 11) is -8.31. The van der Waals surface area contributed by atoms with Crippen LogP contribution in [-0.4, -0.2) is 100 Å². The zero-order chi connectivity index (χ0) is 47.5.